The minimum atomic E-state index is -0.893. The lowest BCUT2D eigenvalue weighted by Crippen LogP contribution is -2.37. The van der Waals surface area contributed by atoms with Gasteiger partial charge in [0.25, 0.3) is 5.91 Å². The Morgan fingerprint density at radius 3 is 2.62 bits per heavy atom. The number of carbonyl (C=O) groups excluding carboxylic acids is 2. The van der Waals surface area contributed by atoms with Crippen molar-refractivity contribution in [1.82, 2.24) is 10.2 Å². The van der Waals surface area contributed by atoms with E-state index in [4.69, 9.17) is 9.39 Å². The van der Waals surface area contributed by atoms with Crippen molar-refractivity contribution in [3.63, 3.8) is 0 Å². The third-order valence-electron chi connectivity index (χ3n) is 7.29. The van der Waals surface area contributed by atoms with Crippen LogP contribution in [0.1, 0.15) is 65.9 Å². The van der Waals surface area contributed by atoms with Crippen LogP contribution in [-0.4, -0.2) is 54.0 Å². The summed E-state index contributed by atoms with van der Waals surface area (Å²) in [5, 5.41) is 13.0. The summed E-state index contributed by atoms with van der Waals surface area (Å²) in [5.41, 5.74) is 5.58. The topological polar surface area (TPSA) is 88.1 Å². The lowest BCUT2D eigenvalue weighted by atomic mass is 9.78. The van der Waals surface area contributed by atoms with Gasteiger partial charge in [-0.25, -0.2) is 4.79 Å². The van der Waals surface area contributed by atoms with Crippen LogP contribution in [0.5, 0.6) is 0 Å². The second-order valence-corrected chi connectivity index (χ2v) is 13.3. The summed E-state index contributed by atoms with van der Waals surface area (Å²) in [4.78, 5) is 28.3. The number of piperidine rings is 1. The van der Waals surface area contributed by atoms with Gasteiger partial charge in [-0.3, -0.25) is 4.79 Å². The smallest absolute Gasteiger partial charge is 0.444 e. The van der Waals surface area contributed by atoms with E-state index in [2.05, 4.69) is 17.4 Å². The summed E-state index contributed by atoms with van der Waals surface area (Å²) in [5.74, 6) is 0.439. The molecule has 1 aromatic heterocycles. The zero-order valence-corrected chi connectivity index (χ0v) is 25.0. The van der Waals surface area contributed by atoms with Crippen LogP contribution >= 0.6 is 23.1 Å². The molecule has 2 amide bonds. The minimum Gasteiger partial charge on any atom is -0.444 e. The van der Waals surface area contributed by atoms with E-state index in [-0.39, 0.29) is 5.91 Å². The standard InChI is InChI=1S/C30H35BN2O5S2/c1-30(2,3)38-29(35)32-17-19-7-5-8-21(15-19)20-11-13-33(14-12-20)27(34)26-16-23(28(39-4)40-26)22-9-6-10-25-24(22)18-37-31(25)36/h5-10,15-16,20,36H,11-14,17-18H2,1-4H3,(H,32,35). The number of carbonyl (C=O) groups is 2. The molecule has 0 aliphatic carbocycles. The number of thiophene rings is 1. The predicted octanol–water partition coefficient (Wildman–Crippen LogP) is 5.40. The average molecular weight is 579 g/mol. The van der Waals surface area contributed by atoms with E-state index in [9.17, 15) is 14.6 Å². The van der Waals surface area contributed by atoms with Crippen molar-refractivity contribution in [1.29, 1.82) is 0 Å². The number of rotatable bonds is 6. The van der Waals surface area contributed by atoms with Crippen molar-refractivity contribution in [3.8, 4) is 11.1 Å². The van der Waals surface area contributed by atoms with Gasteiger partial charge in [0.15, 0.2) is 0 Å². The van der Waals surface area contributed by atoms with Gasteiger partial charge < -0.3 is 24.6 Å². The van der Waals surface area contributed by atoms with Gasteiger partial charge in [0.05, 0.1) is 15.7 Å². The summed E-state index contributed by atoms with van der Waals surface area (Å²) in [6, 6.07) is 16.2. The maximum absolute atomic E-state index is 13.6. The largest absolute Gasteiger partial charge is 0.491 e. The first kappa shape index (κ1) is 28.7. The van der Waals surface area contributed by atoms with E-state index in [1.807, 2.05) is 68.3 Å². The van der Waals surface area contributed by atoms with Crippen molar-refractivity contribution in [3.05, 3.63) is 70.1 Å². The number of alkyl carbamates (subject to hydrolysis) is 1. The quantitative estimate of drug-likeness (QED) is 0.301. The third-order valence-corrected chi connectivity index (χ3v) is 9.55. The highest BCUT2D eigenvalue weighted by Crippen LogP contribution is 2.40. The first-order valence-corrected chi connectivity index (χ1v) is 15.6. The summed E-state index contributed by atoms with van der Waals surface area (Å²) in [6.45, 7) is 7.72. The molecule has 2 aliphatic rings. The molecule has 10 heteroatoms. The Balaban J connectivity index is 1.23. The van der Waals surface area contributed by atoms with Gasteiger partial charge in [-0.15, -0.1) is 23.1 Å². The molecular weight excluding hydrogens is 543 g/mol. The second kappa shape index (κ2) is 12.0. The Morgan fingerprint density at radius 2 is 1.90 bits per heavy atom. The van der Waals surface area contributed by atoms with E-state index in [1.54, 1.807) is 11.8 Å². The van der Waals surface area contributed by atoms with Crippen molar-refractivity contribution < 1.29 is 24.0 Å². The van der Waals surface area contributed by atoms with Gasteiger partial charge in [-0.05, 0) is 79.6 Å². The molecule has 1 fully saturated rings. The van der Waals surface area contributed by atoms with Gasteiger partial charge in [-0.1, -0.05) is 42.5 Å². The lowest BCUT2D eigenvalue weighted by molar-refractivity contribution is 0.0523. The maximum atomic E-state index is 13.6. The fourth-order valence-corrected chi connectivity index (χ4v) is 7.20. The van der Waals surface area contributed by atoms with Gasteiger partial charge in [-0.2, -0.15) is 0 Å². The fraction of sp³-hybridized carbons (Fsp3) is 0.400. The molecule has 0 unspecified atom stereocenters. The Bertz CT molecular complexity index is 1390. The molecule has 2 aromatic carbocycles. The number of benzene rings is 2. The molecule has 1 saturated heterocycles. The zero-order valence-electron chi connectivity index (χ0n) is 23.4. The van der Waals surface area contributed by atoms with Crippen molar-refractivity contribution in [2.45, 2.75) is 62.5 Å². The second-order valence-electron chi connectivity index (χ2n) is 11.2. The Kier molecular flexibility index (Phi) is 8.61. The average Bonchev–Trinajstić information content (AvgIpc) is 3.55. The summed E-state index contributed by atoms with van der Waals surface area (Å²) >= 11 is 3.18. The summed E-state index contributed by atoms with van der Waals surface area (Å²) < 4.78 is 11.9. The van der Waals surface area contributed by atoms with Crippen LogP contribution in [0.25, 0.3) is 11.1 Å². The molecular formula is C30H35BN2O5S2. The molecule has 0 spiro atoms. The van der Waals surface area contributed by atoms with Gasteiger partial charge in [0.2, 0.25) is 0 Å². The SMILES string of the molecule is CSc1sc(C(=O)N2CCC(c3cccc(CNC(=O)OC(C)(C)C)c3)CC2)cc1-c1cccc2c1COB2O. The van der Waals surface area contributed by atoms with Crippen LogP contribution in [0.4, 0.5) is 4.79 Å². The molecule has 0 atom stereocenters. The number of fused-ring (bicyclic) bond motifs is 1. The number of hydrogen-bond donors (Lipinski definition) is 2. The molecule has 0 radical (unpaired) electrons. The highest BCUT2D eigenvalue weighted by molar-refractivity contribution is 8.00. The fourth-order valence-electron chi connectivity index (χ4n) is 5.34. The summed E-state index contributed by atoms with van der Waals surface area (Å²) in [7, 11) is -0.893. The van der Waals surface area contributed by atoms with E-state index >= 15 is 0 Å². The van der Waals surface area contributed by atoms with Crippen LogP contribution in [0, 0.1) is 0 Å². The highest BCUT2D eigenvalue weighted by Gasteiger charge is 2.31. The van der Waals surface area contributed by atoms with E-state index in [0.717, 1.165) is 49.6 Å². The van der Waals surface area contributed by atoms with E-state index < -0.39 is 18.8 Å². The molecule has 40 heavy (non-hydrogen) atoms. The Labute approximate surface area is 244 Å². The van der Waals surface area contributed by atoms with Gasteiger partial charge >= 0.3 is 13.2 Å². The monoisotopic (exact) mass is 578 g/mol. The minimum absolute atomic E-state index is 0.0733. The van der Waals surface area contributed by atoms with E-state index in [1.165, 1.54) is 16.9 Å². The molecule has 7 nitrogen and oxygen atoms in total. The molecule has 3 heterocycles. The summed E-state index contributed by atoms with van der Waals surface area (Å²) in [6.07, 6.45) is 3.39. The normalized spacial score (nSPS) is 15.7. The number of thioether (sulfide) groups is 1. The maximum Gasteiger partial charge on any atom is 0.491 e. The first-order valence-electron chi connectivity index (χ1n) is 13.6. The molecule has 3 aromatic rings. The van der Waals surface area contributed by atoms with Crippen LogP contribution in [0.3, 0.4) is 0 Å². The zero-order chi connectivity index (χ0) is 28.4. The van der Waals surface area contributed by atoms with Crippen molar-refractivity contribution in [2.75, 3.05) is 19.3 Å². The van der Waals surface area contributed by atoms with Crippen LogP contribution in [0.15, 0.2) is 52.7 Å². The molecule has 5 rings (SSSR count). The number of nitrogens with zero attached hydrogens (tertiary/aromatic N) is 1. The number of ether oxygens (including phenoxy) is 1. The molecule has 2 N–H and O–H groups in total. The van der Waals surface area contributed by atoms with Crippen molar-refractivity contribution in [2.24, 2.45) is 0 Å². The van der Waals surface area contributed by atoms with Gasteiger partial charge in [0.1, 0.15) is 5.60 Å². The van der Waals surface area contributed by atoms with Crippen LogP contribution < -0.4 is 10.8 Å². The number of hydrogen-bond acceptors (Lipinski definition) is 7. The molecule has 2 aliphatic heterocycles. The van der Waals surface area contributed by atoms with Crippen LogP contribution in [0.2, 0.25) is 0 Å². The van der Waals surface area contributed by atoms with Crippen molar-refractivity contribution >= 4 is 47.7 Å². The third kappa shape index (κ3) is 6.41. The Hall–Kier alpha value is -2.79. The molecule has 0 saturated carbocycles. The molecule has 210 valence electrons. The molecule has 0 bridgehead atoms. The highest BCUT2D eigenvalue weighted by atomic mass is 32.2. The predicted molar refractivity (Wildman–Crippen MR) is 161 cm³/mol. The number of likely N-dealkylation sites (tertiary alicyclic amines) is 1. The Morgan fingerprint density at radius 1 is 1.15 bits per heavy atom. The van der Waals surface area contributed by atoms with Gasteiger partial charge in [0, 0.05) is 25.2 Å². The van der Waals surface area contributed by atoms with E-state index in [0.29, 0.717) is 32.2 Å². The number of nitrogens with one attached hydrogen (secondary N) is 1. The number of amides is 2. The lowest BCUT2D eigenvalue weighted by Gasteiger charge is -2.32. The van der Waals surface area contributed by atoms with Crippen LogP contribution in [-0.2, 0) is 22.5 Å². The first-order chi connectivity index (χ1) is 19.1.